The summed E-state index contributed by atoms with van der Waals surface area (Å²) < 4.78 is 1.88. The fraction of sp³-hybridized carbons (Fsp3) is 0.562. The lowest BCUT2D eigenvalue weighted by Gasteiger charge is -2.35. The summed E-state index contributed by atoms with van der Waals surface area (Å²) >= 11 is 0. The molecule has 1 spiro atoms. The van der Waals surface area contributed by atoms with Gasteiger partial charge in [-0.25, -0.2) is 9.67 Å². The van der Waals surface area contributed by atoms with E-state index in [0.29, 0.717) is 0 Å². The predicted octanol–water partition coefficient (Wildman–Crippen LogP) is 1.61. The maximum absolute atomic E-state index is 4.85. The first-order valence-corrected chi connectivity index (χ1v) is 8.02. The van der Waals surface area contributed by atoms with E-state index in [2.05, 4.69) is 26.4 Å². The molecule has 4 heterocycles. The molecule has 1 unspecified atom stereocenters. The Morgan fingerprint density at radius 3 is 2.77 bits per heavy atom. The van der Waals surface area contributed by atoms with E-state index in [0.717, 1.165) is 42.7 Å². The van der Waals surface area contributed by atoms with Gasteiger partial charge in [-0.05, 0) is 45.7 Å². The average Bonchev–Trinajstić information content (AvgIpc) is 3.22. The van der Waals surface area contributed by atoms with E-state index < -0.39 is 0 Å². The molecule has 2 aromatic heterocycles. The number of hydrogen-bond acceptors (Lipinski definition) is 5. The molecule has 2 aliphatic heterocycles. The summed E-state index contributed by atoms with van der Waals surface area (Å²) in [6.07, 6.45) is 7.34. The lowest BCUT2D eigenvalue weighted by Crippen LogP contribution is -2.46. The number of aryl methyl sites for hydroxylation is 2. The second-order valence-electron chi connectivity index (χ2n) is 6.48. The standard InChI is InChI=1S/C16H22N6/c1-12-8-13(2)22(20-12)15-10-18-9-14(19-15)21-7-3-4-16(21)5-6-17-11-16/h8-10,17H,3-7,11H2,1-2H3. The summed E-state index contributed by atoms with van der Waals surface area (Å²) in [6, 6.07) is 2.06. The number of aromatic nitrogens is 4. The number of nitrogens with zero attached hydrogens (tertiary/aromatic N) is 5. The maximum Gasteiger partial charge on any atom is 0.174 e. The van der Waals surface area contributed by atoms with Crippen LogP contribution < -0.4 is 10.2 Å². The zero-order chi connectivity index (χ0) is 15.2. The van der Waals surface area contributed by atoms with Gasteiger partial charge in [-0.2, -0.15) is 5.10 Å². The smallest absolute Gasteiger partial charge is 0.174 e. The number of nitrogens with one attached hydrogen (secondary N) is 1. The largest absolute Gasteiger partial charge is 0.348 e. The Balaban J connectivity index is 1.71. The molecule has 22 heavy (non-hydrogen) atoms. The Bertz CT molecular complexity index is 680. The van der Waals surface area contributed by atoms with Crippen molar-refractivity contribution in [2.24, 2.45) is 0 Å². The number of hydrogen-bond donors (Lipinski definition) is 1. The SMILES string of the molecule is Cc1cc(C)n(-c2cncc(N3CCCC34CCNC4)n2)n1. The van der Waals surface area contributed by atoms with Gasteiger partial charge in [0, 0.05) is 18.8 Å². The Morgan fingerprint density at radius 1 is 1.18 bits per heavy atom. The molecule has 4 rings (SSSR count). The monoisotopic (exact) mass is 298 g/mol. The van der Waals surface area contributed by atoms with E-state index >= 15 is 0 Å². The van der Waals surface area contributed by atoms with Crippen LogP contribution in [0.1, 0.15) is 30.7 Å². The third kappa shape index (κ3) is 2.09. The summed E-state index contributed by atoms with van der Waals surface area (Å²) in [5.74, 6) is 1.78. The first kappa shape index (κ1) is 13.7. The lowest BCUT2D eigenvalue weighted by molar-refractivity contribution is 0.463. The van der Waals surface area contributed by atoms with Crippen molar-refractivity contribution in [1.82, 2.24) is 25.1 Å². The minimum absolute atomic E-state index is 0.238. The van der Waals surface area contributed by atoms with E-state index in [1.165, 1.54) is 19.3 Å². The van der Waals surface area contributed by atoms with Crippen LogP contribution in [-0.2, 0) is 0 Å². The van der Waals surface area contributed by atoms with E-state index in [1.807, 2.05) is 24.7 Å². The van der Waals surface area contributed by atoms with Crippen molar-refractivity contribution >= 4 is 5.82 Å². The highest BCUT2D eigenvalue weighted by molar-refractivity contribution is 5.45. The summed E-state index contributed by atoms with van der Waals surface area (Å²) in [4.78, 5) is 11.7. The van der Waals surface area contributed by atoms with Crippen LogP contribution in [0.2, 0.25) is 0 Å². The summed E-state index contributed by atoms with van der Waals surface area (Å²) in [6.45, 7) is 7.27. The minimum atomic E-state index is 0.238. The molecule has 1 atom stereocenters. The van der Waals surface area contributed by atoms with Gasteiger partial charge in [0.2, 0.25) is 0 Å². The highest BCUT2D eigenvalue weighted by Gasteiger charge is 2.43. The van der Waals surface area contributed by atoms with Crippen LogP contribution in [-0.4, -0.2) is 44.9 Å². The van der Waals surface area contributed by atoms with E-state index in [-0.39, 0.29) is 5.54 Å². The van der Waals surface area contributed by atoms with Crippen molar-refractivity contribution in [3.8, 4) is 5.82 Å². The highest BCUT2D eigenvalue weighted by atomic mass is 15.4. The van der Waals surface area contributed by atoms with E-state index in [4.69, 9.17) is 4.98 Å². The molecule has 116 valence electrons. The van der Waals surface area contributed by atoms with Crippen LogP contribution >= 0.6 is 0 Å². The molecule has 0 aliphatic carbocycles. The van der Waals surface area contributed by atoms with Gasteiger partial charge in [-0.15, -0.1) is 0 Å². The predicted molar refractivity (Wildman–Crippen MR) is 85.4 cm³/mol. The van der Waals surface area contributed by atoms with Gasteiger partial charge < -0.3 is 10.2 Å². The molecule has 2 saturated heterocycles. The third-order valence-electron chi connectivity index (χ3n) is 4.93. The van der Waals surface area contributed by atoms with Crippen LogP contribution in [0, 0.1) is 13.8 Å². The van der Waals surface area contributed by atoms with Crippen LogP contribution in [0.3, 0.4) is 0 Å². The topological polar surface area (TPSA) is 58.9 Å². The van der Waals surface area contributed by atoms with Crippen LogP contribution in [0.15, 0.2) is 18.5 Å². The van der Waals surface area contributed by atoms with Gasteiger partial charge in [0.15, 0.2) is 5.82 Å². The van der Waals surface area contributed by atoms with Gasteiger partial charge in [0.05, 0.1) is 23.6 Å². The highest BCUT2D eigenvalue weighted by Crippen LogP contribution is 2.37. The molecule has 6 nitrogen and oxygen atoms in total. The van der Waals surface area contributed by atoms with Gasteiger partial charge in [-0.1, -0.05) is 0 Å². The maximum atomic E-state index is 4.85. The Hall–Kier alpha value is -1.95. The Kier molecular flexibility index (Phi) is 3.14. The molecule has 2 aliphatic rings. The molecule has 1 N–H and O–H groups in total. The quantitative estimate of drug-likeness (QED) is 0.913. The van der Waals surface area contributed by atoms with Crippen molar-refractivity contribution in [1.29, 1.82) is 0 Å². The molecule has 0 bridgehead atoms. The molecule has 0 aromatic carbocycles. The van der Waals surface area contributed by atoms with Gasteiger partial charge >= 0.3 is 0 Å². The molecule has 6 heteroatoms. The van der Waals surface area contributed by atoms with E-state index in [1.54, 1.807) is 6.20 Å². The molecular formula is C16H22N6. The second kappa shape index (κ2) is 5.05. The number of rotatable bonds is 2. The first-order chi connectivity index (χ1) is 10.7. The number of anilines is 1. The zero-order valence-corrected chi connectivity index (χ0v) is 13.2. The van der Waals surface area contributed by atoms with Crippen LogP contribution in [0.4, 0.5) is 5.82 Å². The van der Waals surface area contributed by atoms with Crippen molar-refractivity contribution in [3.63, 3.8) is 0 Å². The summed E-state index contributed by atoms with van der Waals surface area (Å²) in [5.41, 5.74) is 2.33. The summed E-state index contributed by atoms with van der Waals surface area (Å²) in [7, 11) is 0. The van der Waals surface area contributed by atoms with Crippen LogP contribution in [0.25, 0.3) is 5.82 Å². The Labute approximate surface area is 130 Å². The molecule has 0 radical (unpaired) electrons. The normalized spacial score (nSPS) is 24.5. The minimum Gasteiger partial charge on any atom is -0.348 e. The molecular weight excluding hydrogens is 276 g/mol. The van der Waals surface area contributed by atoms with E-state index in [9.17, 15) is 0 Å². The van der Waals surface area contributed by atoms with Gasteiger partial charge in [0.25, 0.3) is 0 Å². The van der Waals surface area contributed by atoms with Crippen LogP contribution in [0.5, 0.6) is 0 Å². The third-order valence-corrected chi connectivity index (χ3v) is 4.93. The fourth-order valence-corrected chi connectivity index (χ4v) is 3.91. The van der Waals surface area contributed by atoms with Crippen molar-refractivity contribution in [3.05, 3.63) is 29.8 Å². The zero-order valence-electron chi connectivity index (χ0n) is 13.2. The average molecular weight is 298 g/mol. The van der Waals surface area contributed by atoms with Crippen molar-refractivity contribution in [2.75, 3.05) is 24.5 Å². The molecule has 2 aromatic rings. The van der Waals surface area contributed by atoms with Crippen molar-refractivity contribution in [2.45, 2.75) is 38.6 Å². The second-order valence-corrected chi connectivity index (χ2v) is 6.48. The van der Waals surface area contributed by atoms with Crippen molar-refractivity contribution < 1.29 is 0 Å². The fourth-order valence-electron chi connectivity index (χ4n) is 3.91. The Morgan fingerprint density at radius 2 is 2.05 bits per heavy atom. The van der Waals surface area contributed by atoms with Gasteiger partial charge in [0.1, 0.15) is 5.82 Å². The van der Waals surface area contributed by atoms with Gasteiger partial charge in [-0.3, -0.25) is 4.98 Å². The lowest BCUT2D eigenvalue weighted by atomic mass is 9.95. The molecule has 0 saturated carbocycles. The first-order valence-electron chi connectivity index (χ1n) is 8.02. The molecule has 0 amide bonds. The molecule has 2 fully saturated rings. The summed E-state index contributed by atoms with van der Waals surface area (Å²) in [5, 5.41) is 8.03.